The maximum Gasteiger partial charge on any atom is 0.390 e. The third kappa shape index (κ3) is 3.42. The fraction of sp³-hybridized carbons (Fsp3) is 0.857. The molecule has 2 nitrogen and oxygen atoms in total. The van der Waals surface area contributed by atoms with Crippen molar-refractivity contribution in [2.45, 2.75) is 30.3 Å². The standard InChI is InChI=1S/C7H9ClF3NO/c8-6(1-2-6)5(13)12-4-3-7(9,10)11/h1-4H2,(H,12,13). The van der Waals surface area contributed by atoms with Crippen LogP contribution in [0.3, 0.4) is 0 Å². The Kier molecular flexibility index (Phi) is 2.75. The Hall–Kier alpha value is -0.450. The normalized spacial score (nSPS) is 19.7. The van der Waals surface area contributed by atoms with E-state index < -0.39 is 29.9 Å². The fourth-order valence-electron chi connectivity index (χ4n) is 0.813. The van der Waals surface area contributed by atoms with Crippen LogP contribution in [0.25, 0.3) is 0 Å². The second kappa shape index (κ2) is 3.36. The Labute approximate surface area is 78.4 Å². The van der Waals surface area contributed by atoms with E-state index >= 15 is 0 Å². The lowest BCUT2D eigenvalue weighted by molar-refractivity contribution is -0.135. The molecule has 0 aliphatic heterocycles. The number of rotatable bonds is 3. The molecule has 0 heterocycles. The molecular weight excluding hydrogens is 207 g/mol. The molecule has 0 saturated heterocycles. The van der Waals surface area contributed by atoms with Gasteiger partial charge in [0.25, 0.3) is 0 Å². The predicted octanol–water partition coefficient (Wildman–Crippen LogP) is 1.83. The van der Waals surface area contributed by atoms with E-state index in [1.54, 1.807) is 0 Å². The van der Waals surface area contributed by atoms with Crippen LogP contribution >= 0.6 is 11.6 Å². The summed E-state index contributed by atoms with van der Waals surface area (Å²) in [5.41, 5.74) is 0. The first-order chi connectivity index (χ1) is 5.83. The smallest absolute Gasteiger partial charge is 0.354 e. The molecule has 1 aliphatic rings. The fourth-order valence-corrected chi connectivity index (χ4v) is 0.974. The van der Waals surface area contributed by atoms with Gasteiger partial charge in [-0.15, -0.1) is 11.6 Å². The molecule has 0 spiro atoms. The van der Waals surface area contributed by atoms with E-state index in [0.29, 0.717) is 12.8 Å². The van der Waals surface area contributed by atoms with Gasteiger partial charge in [0, 0.05) is 6.54 Å². The minimum atomic E-state index is -4.23. The number of alkyl halides is 4. The maximum atomic E-state index is 11.6. The topological polar surface area (TPSA) is 29.1 Å². The van der Waals surface area contributed by atoms with E-state index in [4.69, 9.17) is 11.6 Å². The van der Waals surface area contributed by atoms with Crippen molar-refractivity contribution >= 4 is 17.5 Å². The zero-order chi connectivity index (χ0) is 10.1. The van der Waals surface area contributed by atoms with Gasteiger partial charge in [-0.25, -0.2) is 0 Å². The van der Waals surface area contributed by atoms with Crippen molar-refractivity contribution in [2.24, 2.45) is 0 Å². The van der Waals surface area contributed by atoms with Crippen molar-refractivity contribution in [1.82, 2.24) is 5.32 Å². The molecule has 1 rings (SSSR count). The van der Waals surface area contributed by atoms with E-state index in [9.17, 15) is 18.0 Å². The van der Waals surface area contributed by atoms with Crippen LogP contribution in [-0.4, -0.2) is 23.5 Å². The van der Waals surface area contributed by atoms with E-state index in [1.165, 1.54) is 0 Å². The summed E-state index contributed by atoms with van der Waals surface area (Å²) in [6.07, 6.45) is -4.14. The molecule has 0 aromatic carbocycles. The average molecular weight is 216 g/mol. The van der Waals surface area contributed by atoms with Gasteiger partial charge >= 0.3 is 6.18 Å². The highest BCUT2D eigenvalue weighted by atomic mass is 35.5. The van der Waals surface area contributed by atoms with E-state index in [2.05, 4.69) is 5.32 Å². The number of carbonyl (C=O) groups excluding carboxylic acids is 1. The van der Waals surface area contributed by atoms with Crippen LogP contribution in [0.2, 0.25) is 0 Å². The highest BCUT2D eigenvalue weighted by Gasteiger charge is 2.48. The van der Waals surface area contributed by atoms with E-state index in [-0.39, 0.29) is 0 Å². The van der Waals surface area contributed by atoms with Gasteiger partial charge in [-0.2, -0.15) is 13.2 Å². The first-order valence-corrected chi connectivity index (χ1v) is 4.25. The zero-order valence-corrected chi connectivity index (χ0v) is 7.50. The molecule has 1 fully saturated rings. The third-order valence-electron chi connectivity index (χ3n) is 1.79. The SMILES string of the molecule is O=C(NCCC(F)(F)F)C1(Cl)CC1. The van der Waals surface area contributed by atoms with Crippen LogP contribution in [0.5, 0.6) is 0 Å². The Morgan fingerprint density at radius 2 is 2.00 bits per heavy atom. The minimum Gasteiger partial charge on any atom is -0.354 e. The first-order valence-electron chi connectivity index (χ1n) is 3.87. The summed E-state index contributed by atoms with van der Waals surface area (Å²) >= 11 is 5.65. The molecule has 0 aromatic heterocycles. The van der Waals surface area contributed by atoms with Gasteiger partial charge in [0.2, 0.25) is 5.91 Å². The van der Waals surface area contributed by atoms with Crippen LogP contribution in [0.1, 0.15) is 19.3 Å². The number of amides is 1. The molecule has 0 unspecified atom stereocenters. The number of carbonyl (C=O) groups is 1. The first kappa shape index (κ1) is 10.6. The Morgan fingerprint density at radius 1 is 1.46 bits per heavy atom. The lowest BCUT2D eigenvalue weighted by Gasteiger charge is -2.09. The molecule has 13 heavy (non-hydrogen) atoms. The van der Waals surface area contributed by atoms with Gasteiger partial charge in [0.05, 0.1) is 6.42 Å². The van der Waals surface area contributed by atoms with Crippen molar-refractivity contribution in [2.75, 3.05) is 6.54 Å². The van der Waals surface area contributed by atoms with Gasteiger partial charge < -0.3 is 5.32 Å². The highest BCUT2D eigenvalue weighted by Crippen LogP contribution is 2.42. The zero-order valence-electron chi connectivity index (χ0n) is 6.75. The maximum absolute atomic E-state index is 11.6. The Bertz CT molecular complexity index is 212. The Morgan fingerprint density at radius 3 is 2.38 bits per heavy atom. The summed E-state index contributed by atoms with van der Waals surface area (Å²) in [7, 11) is 0. The van der Waals surface area contributed by atoms with Crippen molar-refractivity contribution in [1.29, 1.82) is 0 Å². The van der Waals surface area contributed by atoms with Gasteiger partial charge in [0.1, 0.15) is 4.87 Å². The van der Waals surface area contributed by atoms with Gasteiger partial charge in [-0.05, 0) is 12.8 Å². The molecule has 76 valence electrons. The van der Waals surface area contributed by atoms with Crippen molar-refractivity contribution in [3.8, 4) is 0 Å². The Balaban J connectivity index is 2.16. The molecule has 0 aromatic rings. The number of nitrogens with one attached hydrogen (secondary N) is 1. The number of halogens is 4. The largest absolute Gasteiger partial charge is 0.390 e. The second-order valence-corrected chi connectivity index (χ2v) is 3.81. The van der Waals surface area contributed by atoms with Crippen molar-refractivity contribution in [3.05, 3.63) is 0 Å². The molecule has 1 aliphatic carbocycles. The van der Waals surface area contributed by atoms with Gasteiger partial charge in [-0.1, -0.05) is 0 Å². The molecule has 1 N–H and O–H groups in total. The minimum absolute atomic E-state index is 0.392. The monoisotopic (exact) mass is 215 g/mol. The van der Waals surface area contributed by atoms with Crippen LogP contribution in [0.15, 0.2) is 0 Å². The molecule has 1 amide bonds. The number of hydrogen-bond acceptors (Lipinski definition) is 1. The quantitative estimate of drug-likeness (QED) is 0.715. The predicted molar refractivity (Wildman–Crippen MR) is 41.5 cm³/mol. The molecule has 0 bridgehead atoms. The van der Waals surface area contributed by atoms with Gasteiger partial charge in [-0.3, -0.25) is 4.79 Å². The third-order valence-corrected chi connectivity index (χ3v) is 2.34. The lowest BCUT2D eigenvalue weighted by Crippen LogP contribution is -2.35. The van der Waals surface area contributed by atoms with Crippen LogP contribution < -0.4 is 5.32 Å². The summed E-state index contributed by atoms with van der Waals surface area (Å²) in [4.78, 5) is 10.1. The van der Waals surface area contributed by atoms with Crippen LogP contribution in [0.4, 0.5) is 13.2 Å². The molecule has 6 heteroatoms. The summed E-state index contributed by atoms with van der Waals surface area (Å²) in [5.74, 6) is -0.488. The summed E-state index contributed by atoms with van der Waals surface area (Å²) in [6, 6.07) is 0. The van der Waals surface area contributed by atoms with Gasteiger partial charge in [0.15, 0.2) is 0 Å². The van der Waals surface area contributed by atoms with E-state index in [1.807, 2.05) is 0 Å². The molecule has 0 radical (unpaired) electrons. The molecule has 0 atom stereocenters. The molecule has 1 saturated carbocycles. The average Bonchev–Trinajstić information content (AvgIpc) is 2.66. The van der Waals surface area contributed by atoms with Crippen molar-refractivity contribution in [3.63, 3.8) is 0 Å². The van der Waals surface area contributed by atoms with Crippen molar-refractivity contribution < 1.29 is 18.0 Å². The highest BCUT2D eigenvalue weighted by molar-refractivity contribution is 6.37. The summed E-state index contributed by atoms with van der Waals surface area (Å²) in [5, 5.41) is 2.15. The summed E-state index contributed by atoms with van der Waals surface area (Å²) < 4.78 is 34.9. The number of hydrogen-bond donors (Lipinski definition) is 1. The molecular formula is C7H9ClF3NO. The lowest BCUT2D eigenvalue weighted by atomic mass is 10.3. The van der Waals surface area contributed by atoms with Crippen LogP contribution in [-0.2, 0) is 4.79 Å². The second-order valence-electron chi connectivity index (χ2n) is 3.09. The van der Waals surface area contributed by atoms with E-state index in [0.717, 1.165) is 0 Å². The van der Waals surface area contributed by atoms with Crippen LogP contribution in [0, 0.1) is 0 Å². The summed E-state index contributed by atoms with van der Waals surface area (Å²) in [6.45, 7) is -0.392.